The molecule has 0 N–H and O–H groups in total. The summed E-state index contributed by atoms with van der Waals surface area (Å²) < 4.78 is 12.5. The van der Waals surface area contributed by atoms with Crippen molar-refractivity contribution in [2.24, 2.45) is 0 Å². The van der Waals surface area contributed by atoms with Crippen LogP contribution in [0, 0.1) is 0 Å². The molecule has 0 fully saturated rings. The maximum atomic E-state index is 6.26. The smallest absolute Gasteiger partial charge is 0.227 e. The summed E-state index contributed by atoms with van der Waals surface area (Å²) in [6.45, 7) is 0. The maximum absolute atomic E-state index is 6.26. The Kier molecular flexibility index (Phi) is 3.94. The molecule has 2 heterocycles. The molecule has 0 bridgehead atoms. The standard InChI is InChI=1S/C33H19NO2/c1-2-6-20(7-3-1)30-19-34-33(36-30)27-17-13-22-11-15-25-24(29-18-23-8-4-5-9-28(23)35-29)14-10-21-12-16-26(27)32(22)31(21)25/h1-19H. The summed E-state index contributed by atoms with van der Waals surface area (Å²) in [5.41, 5.74) is 4.01. The van der Waals surface area contributed by atoms with Gasteiger partial charge in [-0.05, 0) is 56.6 Å². The van der Waals surface area contributed by atoms with E-state index in [0.29, 0.717) is 5.89 Å². The summed E-state index contributed by atoms with van der Waals surface area (Å²) in [4.78, 5) is 4.65. The van der Waals surface area contributed by atoms with Crippen molar-refractivity contribution in [1.29, 1.82) is 0 Å². The molecular formula is C33H19NO2. The maximum Gasteiger partial charge on any atom is 0.227 e. The lowest BCUT2D eigenvalue weighted by Gasteiger charge is -2.14. The molecule has 168 valence electrons. The van der Waals surface area contributed by atoms with Gasteiger partial charge in [-0.2, -0.15) is 0 Å². The number of oxazole rings is 1. The fourth-order valence-corrected chi connectivity index (χ4v) is 5.45. The number of rotatable bonds is 3. The van der Waals surface area contributed by atoms with Crippen LogP contribution in [0.3, 0.4) is 0 Å². The number of benzene rings is 6. The molecule has 6 aromatic carbocycles. The molecule has 0 unspecified atom stereocenters. The van der Waals surface area contributed by atoms with Gasteiger partial charge in [0, 0.05) is 22.1 Å². The predicted molar refractivity (Wildman–Crippen MR) is 146 cm³/mol. The van der Waals surface area contributed by atoms with E-state index in [1.54, 1.807) is 0 Å². The minimum absolute atomic E-state index is 0.629. The molecule has 8 aromatic rings. The molecule has 0 aliphatic heterocycles. The Hall–Kier alpha value is -4.89. The van der Waals surface area contributed by atoms with Crippen LogP contribution >= 0.6 is 0 Å². The first-order valence-corrected chi connectivity index (χ1v) is 12.0. The molecule has 36 heavy (non-hydrogen) atoms. The van der Waals surface area contributed by atoms with Gasteiger partial charge < -0.3 is 8.83 Å². The molecule has 0 spiro atoms. The third-order valence-electron chi connectivity index (χ3n) is 7.15. The first kappa shape index (κ1) is 19.4. The summed E-state index contributed by atoms with van der Waals surface area (Å²) in [5, 5.41) is 8.28. The van der Waals surface area contributed by atoms with Crippen LogP contribution in [0.1, 0.15) is 0 Å². The first-order valence-electron chi connectivity index (χ1n) is 12.0. The van der Waals surface area contributed by atoms with Crippen LogP contribution in [0.4, 0.5) is 0 Å². The highest BCUT2D eigenvalue weighted by Crippen LogP contribution is 2.43. The number of hydrogen-bond acceptors (Lipinski definition) is 3. The normalized spacial score (nSPS) is 11.9. The predicted octanol–water partition coefficient (Wildman–Crippen LogP) is 9.32. The van der Waals surface area contributed by atoms with Crippen molar-refractivity contribution < 1.29 is 8.83 Å². The Morgan fingerprint density at radius 1 is 0.500 bits per heavy atom. The number of fused-ring (bicyclic) bond motifs is 1. The van der Waals surface area contributed by atoms with E-state index in [9.17, 15) is 0 Å². The molecule has 0 aliphatic carbocycles. The van der Waals surface area contributed by atoms with E-state index in [2.05, 4.69) is 65.6 Å². The molecule has 0 radical (unpaired) electrons. The Morgan fingerprint density at radius 3 is 1.94 bits per heavy atom. The van der Waals surface area contributed by atoms with E-state index < -0.39 is 0 Å². The lowest BCUT2D eigenvalue weighted by molar-refractivity contribution is 0.589. The highest BCUT2D eigenvalue weighted by atomic mass is 16.4. The molecule has 0 aliphatic rings. The van der Waals surface area contributed by atoms with Gasteiger partial charge in [-0.15, -0.1) is 0 Å². The van der Waals surface area contributed by atoms with Crippen molar-refractivity contribution in [2.45, 2.75) is 0 Å². The third-order valence-corrected chi connectivity index (χ3v) is 7.15. The van der Waals surface area contributed by atoms with Gasteiger partial charge in [0.1, 0.15) is 11.3 Å². The van der Waals surface area contributed by atoms with E-state index in [-0.39, 0.29) is 0 Å². The summed E-state index contributed by atoms with van der Waals surface area (Å²) in [5.74, 6) is 2.28. The Balaban J connectivity index is 1.37. The fourth-order valence-electron chi connectivity index (χ4n) is 5.45. The molecule has 0 atom stereocenters. The van der Waals surface area contributed by atoms with Crippen molar-refractivity contribution in [3.63, 3.8) is 0 Å². The summed E-state index contributed by atoms with van der Waals surface area (Å²) in [6, 6.07) is 37.8. The lowest BCUT2D eigenvalue weighted by atomic mass is 9.89. The van der Waals surface area contributed by atoms with Gasteiger partial charge in [0.15, 0.2) is 5.76 Å². The van der Waals surface area contributed by atoms with Crippen LogP contribution in [0.2, 0.25) is 0 Å². The van der Waals surface area contributed by atoms with Crippen molar-refractivity contribution in [1.82, 2.24) is 4.98 Å². The third kappa shape index (κ3) is 2.77. The number of aromatic nitrogens is 1. The summed E-state index contributed by atoms with van der Waals surface area (Å²) in [7, 11) is 0. The summed E-state index contributed by atoms with van der Waals surface area (Å²) in [6.07, 6.45) is 1.81. The summed E-state index contributed by atoms with van der Waals surface area (Å²) >= 11 is 0. The number of furan rings is 1. The zero-order valence-electron chi connectivity index (χ0n) is 19.2. The Morgan fingerprint density at radius 2 is 1.17 bits per heavy atom. The minimum Gasteiger partial charge on any atom is -0.456 e. The van der Waals surface area contributed by atoms with Crippen LogP contribution in [-0.4, -0.2) is 4.98 Å². The van der Waals surface area contributed by atoms with Gasteiger partial charge >= 0.3 is 0 Å². The molecule has 3 nitrogen and oxygen atoms in total. The van der Waals surface area contributed by atoms with Gasteiger partial charge in [-0.3, -0.25) is 0 Å². The largest absolute Gasteiger partial charge is 0.456 e. The van der Waals surface area contributed by atoms with Crippen LogP contribution in [0.5, 0.6) is 0 Å². The van der Waals surface area contributed by atoms with Crippen LogP contribution < -0.4 is 0 Å². The topological polar surface area (TPSA) is 39.2 Å². The van der Waals surface area contributed by atoms with Crippen LogP contribution in [0.25, 0.3) is 77.4 Å². The van der Waals surface area contributed by atoms with Gasteiger partial charge in [0.05, 0.1) is 6.20 Å². The highest BCUT2D eigenvalue weighted by molar-refractivity contribution is 6.27. The molecule has 0 saturated carbocycles. The van der Waals surface area contributed by atoms with E-state index in [0.717, 1.165) is 44.6 Å². The molecule has 8 rings (SSSR count). The average molecular weight is 462 g/mol. The van der Waals surface area contributed by atoms with E-state index in [4.69, 9.17) is 8.83 Å². The van der Waals surface area contributed by atoms with Crippen LogP contribution in [0.15, 0.2) is 124 Å². The quantitative estimate of drug-likeness (QED) is 0.246. The molecule has 2 aromatic heterocycles. The fraction of sp³-hybridized carbons (Fsp3) is 0. The Bertz CT molecular complexity index is 2010. The molecule has 0 amide bonds. The van der Waals surface area contributed by atoms with Gasteiger partial charge in [-0.1, -0.05) is 84.9 Å². The number of hydrogen-bond donors (Lipinski definition) is 0. The van der Waals surface area contributed by atoms with Crippen molar-refractivity contribution >= 4 is 43.3 Å². The average Bonchev–Trinajstić information content (AvgIpc) is 3.60. The second kappa shape index (κ2) is 7.30. The second-order valence-corrected chi connectivity index (χ2v) is 9.19. The van der Waals surface area contributed by atoms with Gasteiger partial charge in [0.2, 0.25) is 5.89 Å². The van der Waals surface area contributed by atoms with E-state index >= 15 is 0 Å². The minimum atomic E-state index is 0.629. The number of para-hydroxylation sites is 1. The van der Waals surface area contributed by atoms with Crippen molar-refractivity contribution in [3.8, 4) is 34.1 Å². The van der Waals surface area contributed by atoms with Crippen LogP contribution in [-0.2, 0) is 0 Å². The lowest BCUT2D eigenvalue weighted by Crippen LogP contribution is -1.89. The first-order chi connectivity index (χ1) is 17.8. The highest BCUT2D eigenvalue weighted by Gasteiger charge is 2.18. The number of nitrogens with zero attached hydrogens (tertiary/aromatic N) is 1. The SMILES string of the molecule is c1ccc(-c2cnc(-c3ccc4ccc5c(-c6cc7ccccc7o6)ccc6ccc3c4c65)o2)cc1. The molecule has 0 saturated heterocycles. The van der Waals surface area contributed by atoms with Crippen molar-refractivity contribution in [3.05, 3.63) is 115 Å². The Labute approximate surface area is 206 Å². The second-order valence-electron chi connectivity index (χ2n) is 9.19. The molecular weight excluding hydrogens is 442 g/mol. The van der Waals surface area contributed by atoms with Crippen molar-refractivity contribution in [2.75, 3.05) is 0 Å². The zero-order chi connectivity index (χ0) is 23.6. The zero-order valence-corrected chi connectivity index (χ0v) is 19.2. The van der Waals surface area contributed by atoms with E-state index in [1.165, 1.54) is 26.9 Å². The monoisotopic (exact) mass is 461 g/mol. The van der Waals surface area contributed by atoms with Gasteiger partial charge in [0.25, 0.3) is 0 Å². The van der Waals surface area contributed by atoms with Gasteiger partial charge in [-0.25, -0.2) is 4.98 Å². The molecule has 3 heteroatoms. The van der Waals surface area contributed by atoms with E-state index in [1.807, 2.05) is 54.7 Å².